The van der Waals surface area contributed by atoms with E-state index in [1.54, 1.807) is 0 Å². The van der Waals surface area contributed by atoms with Gasteiger partial charge in [-0.2, -0.15) is 0 Å². The third-order valence-electron chi connectivity index (χ3n) is 3.10. The molecule has 1 heterocycles. The maximum atomic E-state index is 5.55. The van der Waals surface area contributed by atoms with Crippen molar-refractivity contribution < 1.29 is 0 Å². The van der Waals surface area contributed by atoms with Crippen LogP contribution in [0.4, 0.5) is 0 Å². The summed E-state index contributed by atoms with van der Waals surface area (Å²) in [6, 6.07) is 16.6. The van der Waals surface area contributed by atoms with Crippen molar-refractivity contribution in [1.82, 2.24) is 9.55 Å². The van der Waals surface area contributed by atoms with Crippen LogP contribution < -0.4 is 5.73 Å². The summed E-state index contributed by atoms with van der Waals surface area (Å²) in [6.45, 7) is 0.688. The Bertz CT molecular complexity index is 653. The van der Waals surface area contributed by atoms with Gasteiger partial charge >= 0.3 is 0 Å². The molecule has 0 saturated heterocycles. The molecule has 2 N–H and O–H groups in total. The normalized spacial score (nSPS) is 10.9. The summed E-state index contributed by atoms with van der Waals surface area (Å²) in [5, 5.41) is 0. The van der Waals surface area contributed by atoms with E-state index in [-0.39, 0.29) is 0 Å². The molecule has 1 aromatic heterocycles. The van der Waals surface area contributed by atoms with Crippen LogP contribution in [0.2, 0.25) is 0 Å². The molecule has 0 bridgehead atoms. The molecular formula is C15H15N3. The van der Waals surface area contributed by atoms with Crippen LogP contribution in [0.1, 0.15) is 5.56 Å². The van der Waals surface area contributed by atoms with Gasteiger partial charge in [0.2, 0.25) is 0 Å². The van der Waals surface area contributed by atoms with E-state index in [0.717, 1.165) is 23.1 Å². The number of fused-ring (bicyclic) bond motifs is 1. The maximum absolute atomic E-state index is 5.55. The van der Waals surface area contributed by atoms with Gasteiger partial charge in [0.15, 0.2) is 0 Å². The molecule has 0 spiro atoms. The minimum absolute atomic E-state index is 0.688. The fraction of sp³-hybridized carbons (Fsp3) is 0.133. The van der Waals surface area contributed by atoms with E-state index < -0.39 is 0 Å². The average Bonchev–Trinajstić information content (AvgIpc) is 2.84. The van der Waals surface area contributed by atoms with E-state index in [4.69, 9.17) is 5.73 Å². The minimum atomic E-state index is 0.688. The number of aromatic nitrogens is 2. The van der Waals surface area contributed by atoms with Crippen LogP contribution in [0.25, 0.3) is 16.7 Å². The maximum Gasteiger partial charge on any atom is 0.100 e. The molecule has 0 aliphatic heterocycles. The van der Waals surface area contributed by atoms with Gasteiger partial charge in [-0.1, -0.05) is 24.3 Å². The van der Waals surface area contributed by atoms with Crippen molar-refractivity contribution in [1.29, 1.82) is 0 Å². The molecule has 18 heavy (non-hydrogen) atoms. The monoisotopic (exact) mass is 237 g/mol. The molecule has 0 saturated carbocycles. The van der Waals surface area contributed by atoms with Gasteiger partial charge in [-0.15, -0.1) is 0 Å². The highest BCUT2D eigenvalue weighted by Gasteiger charge is 2.03. The Morgan fingerprint density at radius 2 is 1.78 bits per heavy atom. The highest BCUT2D eigenvalue weighted by molar-refractivity contribution is 5.77. The van der Waals surface area contributed by atoms with Gasteiger partial charge in [0.25, 0.3) is 0 Å². The second kappa shape index (κ2) is 4.63. The Labute approximate surface area is 106 Å². The van der Waals surface area contributed by atoms with Crippen LogP contribution in [-0.4, -0.2) is 16.1 Å². The zero-order valence-electron chi connectivity index (χ0n) is 10.1. The van der Waals surface area contributed by atoms with E-state index in [2.05, 4.69) is 39.9 Å². The van der Waals surface area contributed by atoms with Crippen LogP contribution in [0.3, 0.4) is 0 Å². The summed E-state index contributed by atoms with van der Waals surface area (Å²) >= 11 is 0. The molecule has 3 aromatic rings. The number of nitrogens with zero attached hydrogens (tertiary/aromatic N) is 2. The van der Waals surface area contributed by atoms with Crippen LogP contribution in [0, 0.1) is 0 Å². The van der Waals surface area contributed by atoms with Crippen LogP contribution in [0.5, 0.6) is 0 Å². The van der Waals surface area contributed by atoms with Crippen LogP contribution >= 0.6 is 0 Å². The quantitative estimate of drug-likeness (QED) is 0.760. The largest absolute Gasteiger partial charge is 0.330 e. The van der Waals surface area contributed by atoms with E-state index in [1.165, 1.54) is 5.56 Å². The molecule has 3 nitrogen and oxygen atoms in total. The van der Waals surface area contributed by atoms with Crippen molar-refractivity contribution >= 4 is 11.0 Å². The molecule has 0 atom stereocenters. The first-order valence-corrected chi connectivity index (χ1v) is 6.10. The van der Waals surface area contributed by atoms with Gasteiger partial charge in [-0.05, 0) is 42.8 Å². The molecule has 0 unspecified atom stereocenters. The third kappa shape index (κ3) is 1.89. The molecule has 0 amide bonds. The molecule has 90 valence electrons. The second-order valence-corrected chi connectivity index (χ2v) is 4.31. The zero-order chi connectivity index (χ0) is 12.4. The molecule has 3 heteroatoms. The molecule has 0 fully saturated rings. The summed E-state index contributed by atoms with van der Waals surface area (Å²) < 4.78 is 2.10. The molecule has 0 radical (unpaired) electrons. The first-order valence-electron chi connectivity index (χ1n) is 6.10. The number of hydrogen-bond acceptors (Lipinski definition) is 2. The summed E-state index contributed by atoms with van der Waals surface area (Å²) in [5.74, 6) is 0. The first-order chi connectivity index (χ1) is 8.88. The van der Waals surface area contributed by atoms with Crippen molar-refractivity contribution in [3.63, 3.8) is 0 Å². The number of benzene rings is 2. The third-order valence-corrected chi connectivity index (χ3v) is 3.10. The second-order valence-electron chi connectivity index (χ2n) is 4.31. The molecule has 2 aromatic carbocycles. The Balaban J connectivity index is 2.03. The summed E-state index contributed by atoms with van der Waals surface area (Å²) in [5.41, 5.74) is 10.1. The van der Waals surface area contributed by atoms with Crippen molar-refractivity contribution in [2.24, 2.45) is 5.73 Å². The average molecular weight is 237 g/mol. The lowest BCUT2D eigenvalue weighted by Gasteiger charge is -2.05. The lowest BCUT2D eigenvalue weighted by atomic mass is 10.1. The number of nitrogens with two attached hydrogens (primary N) is 1. The predicted molar refractivity (Wildman–Crippen MR) is 73.8 cm³/mol. The lowest BCUT2D eigenvalue weighted by Crippen LogP contribution is -2.02. The highest BCUT2D eigenvalue weighted by atomic mass is 15.0. The van der Waals surface area contributed by atoms with Gasteiger partial charge in [0.05, 0.1) is 11.0 Å². The van der Waals surface area contributed by atoms with E-state index in [9.17, 15) is 0 Å². The summed E-state index contributed by atoms with van der Waals surface area (Å²) in [6.07, 6.45) is 2.79. The number of hydrogen-bond donors (Lipinski definition) is 1. The van der Waals surface area contributed by atoms with Gasteiger partial charge < -0.3 is 5.73 Å². The highest BCUT2D eigenvalue weighted by Crippen LogP contribution is 2.18. The topological polar surface area (TPSA) is 43.8 Å². The minimum Gasteiger partial charge on any atom is -0.330 e. The molecular weight excluding hydrogens is 222 g/mol. The fourth-order valence-electron chi connectivity index (χ4n) is 2.15. The standard InChI is InChI=1S/C15H15N3/c16-10-9-12-5-7-13(8-6-12)18-11-17-14-3-1-2-4-15(14)18/h1-8,11H,9-10,16H2. The van der Waals surface area contributed by atoms with E-state index in [1.807, 2.05) is 24.5 Å². The van der Waals surface area contributed by atoms with Crippen molar-refractivity contribution in [3.8, 4) is 5.69 Å². The van der Waals surface area contributed by atoms with Crippen molar-refractivity contribution in [2.45, 2.75) is 6.42 Å². The predicted octanol–water partition coefficient (Wildman–Crippen LogP) is 2.53. The molecule has 0 aliphatic rings. The Morgan fingerprint density at radius 1 is 1.00 bits per heavy atom. The van der Waals surface area contributed by atoms with Crippen molar-refractivity contribution in [2.75, 3.05) is 6.54 Å². The number of para-hydroxylation sites is 2. The Kier molecular flexibility index (Phi) is 2.82. The lowest BCUT2D eigenvalue weighted by molar-refractivity contribution is 0.966. The summed E-state index contributed by atoms with van der Waals surface area (Å²) in [4.78, 5) is 4.40. The molecule has 3 rings (SSSR count). The van der Waals surface area contributed by atoms with Crippen LogP contribution in [0.15, 0.2) is 54.9 Å². The first kappa shape index (κ1) is 11.0. The number of rotatable bonds is 3. The van der Waals surface area contributed by atoms with E-state index in [0.29, 0.717) is 6.54 Å². The Hall–Kier alpha value is -2.13. The molecule has 0 aliphatic carbocycles. The fourth-order valence-corrected chi connectivity index (χ4v) is 2.15. The van der Waals surface area contributed by atoms with E-state index >= 15 is 0 Å². The SMILES string of the molecule is NCCc1ccc(-n2cnc3ccccc32)cc1. The van der Waals surface area contributed by atoms with Gasteiger partial charge in [0, 0.05) is 5.69 Å². The van der Waals surface area contributed by atoms with Gasteiger partial charge in [-0.3, -0.25) is 4.57 Å². The summed E-state index contributed by atoms with van der Waals surface area (Å²) in [7, 11) is 0. The van der Waals surface area contributed by atoms with Gasteiger partial charge in [-0.25, -0.2) is 4.98 Å². The number of imidazole rings is 1. The van der Waals surface area contributed by atoms with Crippen LogP contribution in [-0.2, 0) is 6.42 Å². The zero-order valence-corrected chi connectivity index (χ0v) is 10.1. The Morgan fingerprint density at radius 3 is 2.56 bits per heavy atom. The van der Waals surface area contributed by atoms with Crippen molar-refractivity contribution in [3.05, 3.63) is 60.4 Å². The van der Waals surface area contributed by atoms with Gasteiger partial charge in [0.1, 0.15) is 6.33 Å². The smallest absolute Gasteiger partial charge is 0.100 e.